The lowest BCUT2D eigenvalue weighted by Gasteiger charge is -2.03. The van der Waals surface area contributed by atoms with Crippen LogP contribution in [0.2, 0.25) is 0 Å². The van der Waals surface area contributed by atoms with E-state index in [4.69, 9.17) is 9.47 Å². The molecule has 0 unspecified atom stereocenters. The number of rotatable bonds is 5. The van der Waals surface area contributed by atoms with Crippen molar-refractivity contribution in [3.05, 3.63) is 48.0 Å². The molecule has 0 aliphatic heterocycles. The quantitative estimate of drug-likeness (QED) is 0.779. The average Bonchev–Trinajstić information content (AvgIpc) is 2.98. The summed E-state index contributed by atoms with van der Waals surface area (Å²) in [6, 6.07) is 13.2. The lowest BCUT2D eigenvalue weighted by atomic mass is 10.1. The van der Waals surface area contributed by atoms with Gasteiger partial charge in [-0.2, -0.15) is 0 Å². The van der Waals surface area contributed by atoms with E-state index in [0.717, 1.165) is 10.3 Å². The Hall–Kier alpha value is -2.60. The Balaban J connectivity index is 1.84. The van der Waals surface area contributed by atoms with Gasteiger partial charge in [0.15, 0.2) is 5.13 Å². The summed E-state index contributed by atoms with van der Waals surface area (Å²) in [6.07, 6.45) is 0.311. The van der Waals surface area contributed by atoms with Crippen LogP contribution in [-0.4, -0.2) is 25.1 Å². The van der Waals surface area contributed by atoms with Gasteiger partial charge in [0.1, 0.15) is 21.7 Å². The van der Waals surface area contributed by atoms with E-state index in [0.29, 0.717) is 28.6 Å². The van der Waals surface area contributed by atoms with Crippen molar-refractivity contribution < 1.29 is 14.3 Å². The molecule has 6 heteroatoms. The summed E-state index contributed by atoms with van der Waals surface area (Å²) in [5, 5.41) is 3.37. The van der Waals surface area contributed by atoms with Crippen molar-refractivity contribution >= 4 is 32.6 Å². The smallest absolute Gasteiger partial charge is 0.230 e. The van der Waals surface area contributed by atoms with Crippen molar-refractivity contribution in [2.45, 2.75) is 6.42 Å². The molecule has 1 aromatic heterocycles. The number of carbonyl (C=O) groups is 1. The standard InChI is InChI=1S/C17H16N2O3S/c1-21-12-8-9-13(22-2)16-15(12)19-17(23-16)18-14(20)10-11-6-4-3-5-7-11/h3-9H,10H2,1-2H3,(H,18,19,20). The molecule has 0 saturated heterocycles. The van der Waals surface area contributed by atoms with Crippen LogP contribution in [0.4, 0.5) is 5.13 Å². The van der Waals surface area contributed by atoms with Gasteiger partial charge in [-0.05, 0) is 17.7 Å². The normalized spacial score (nSPS) is 10.5. The molecule has 23 heavy (non-hydrogen) atoms. The van der Waals surface area contributed by atoms with E-state index in [1.54, 1.807) is 20.3 Å². The minimum Gasteiger partial charge on any atom is -0.495 e. The molecule has 3 rings (SSSR count). The molecule has 2 aromatic carbocycles. The van der Waals surface area contributed by atoms with E-state index < -0.39 is 0 Å². The number of methoxy groups -OCH3 is 2. The number of nitrogens with zero attached hydrogens (tertiary/aromatic N) is 1. The van der Waals surface area contributed by atoms with Gasteiger partial charge in [0.25, 0.3) is 0 Å². The van der Waals surface area contributed by atoms with E-state index in [1.165, 1.54) is 11.3 Å². The van der Waals surface area contributed by atoms with Gasteiger partial charge in [-0.25, -0.2) is 4.98 Å². The molecule has 1 N–H and O–H groups in total. The number of nitrogens with one attached hydrogen (secondary N) is 1. The van der Waals surface area contributed by atoms with Crippen molar-refractivity contribution in [1.29, 1.82) is 0 Å². The highest BCUT2D eigenvalue weighted by Crippen LogP contribution is 2.38. The molecular formula is C17H16N2O3S. The second-order valence-corrected chi connectivity index (χ2v) is 5.88. The maximum Gasteiger partial charge on any atom is 0.230 e. The van der Waals surface area contributed by atoms with Gasteiger partial charge in [-0.15, -0.1) is 0 Å². The highest BCUT2D eigenvalue weighted by molar-refractivity contribution is 7.22. The first-order valence-electron chi connectivity index (χ1n) is 7.06. The maximum atomic E-state index is 12.2. The number of hydrogen-bond donors (Lipinski definition) is 1. The second kappa shape index (κ2) is 6.66. The Labute approximate surface area is 137 Å². The number of amides is 1. The monoisotopic (exact) mass is 328 g/mol. The summed E-state index contributed by atoms with van der Waals surface area (Å²) >= 11 is 1.37. The van der Waals surface area contributed by atoms with Crippen LogP contribution >= 0.6 is 11.3 Å². The van der Waals surface area contributed by atoms with Gasteiger partial charge in [-0.3, -0.25) is 4.79 Å². The molecule has 0 spiro atoms. The minimum absolute atomic E-state index is 0.104. The Morgan fingerprint density at radius 1 is 1.09 bits per heavy atom. The fraction of sp³-hybridized carbons (Fsp3) is 0.176. The molecule has 118 valence electrons. The number of aromatic nitrogens is 1. The zero-order chi connectivity index (χ0) is 16.2. The van der Waals surface area contributed by atoms with Crippen LogP contribution in [0.1, 0.15) is 5.56 Å². The largest absolute Gasteiger partial charge is 0.495 e. The van der Waals surface area contributed by atoms with E-state index in [-0.39, 0.29) is 5.91 Å². The number of benzene rings is 2. The highest BCUT2D eigenvalue weighted by atomic mass is 32.1. The topological polar surface area (TPSA) is 60.5 Å². The third-order valence-electron chi connectivity index (χ3n) is 3.36. The first kappa shape index (κ1) is 15.3. The average molecular weight is 328 g/mol. The van der Waals surface area contributed by atoms with Crippen molar-refractivity contribution in [3.8, 4) is 11.5 Å². The molecule has 0 bridgehead atoms. The van der Waals surface area contributed by atoms with Crippen molar-refractivity contribution in [2.24, 2.45) is 0 Å². The predicted molar refractivity (Wildman–Crippen MR) is 91.5 cm³/mol. The van der Waals surface area contributed by atoms with Gasteiger partial charge in [-0.1, -0.05) is 41.7 Å². The number of anilines is 1. The Kier molecular flexibility index (Phi) is 4.43. The molecule has 0 aliphatic carbocycles. The number of fused-ring (bicyclic) bond motifs is 1. The van der Waals surface area contributed by atoms with Crippen LogP contribution in [0.15, 0.2) is 42.5 Å². The van der Waals surface area contributed by atoms with Gasteiger partial charge in [0, 0.05) is 0 Å². The van der Waals surface area contributed by atoms with Crippen molar-refractivity contribution in [2.75, 3.05) is 19.5 Å². The Bertz CT molecular complexity index is 789. The zero-order valence-electron chi connectivity index (χ0n) is 12.8. The van der Waals surface area contributed by atoms with Crippen LogP contribution in [0.25, 0.3) is 10.2 Å². The van der Waals surface area contributed by atoms with Crippen LogP contribution in [0, 0.1) is 0 Å². The summed E-state index contributed by atoms with van der Waals surface area (Å²) in [5.74, 6) is 1.26. The lowest BCUT2D eigenvalue weighted by Crippen LogP contribution is -2.14. The fourth-order valence-corrected chi connectivity index (χ4v) is 3.27. The van der Waals surface area contributed by atoms with Gasteiger partial charge >= 0.3 is 0 Å². The first-order valence-corrected chi connectivity index (χ1v) is 7.88. The number of thiazole rings is 1. The second-order valence-electron chi connectivity index (χ2n) is 4.88. The van der Waals surface area contributed by atoms with Crippen LogP contribution in [-0.2, 0) is 11.2 Å². The van der Waals surface area contributed by atoms with Crippen molar-refractivity contribution in [3.63, 3.8) is 0 Å². The molecule has 3 aromatic rings. The van der Waals surface area contributed by atoms with Crippen LogP contribution in [0.5, 0.6) is 11.5 Å². The maximum absolute atomic E-state index is 12.2. The van der Waals surface area contributed by atoms with Crippen molar-refractivity contribution in [1.82, 2.24) is 4.98 Å². The van der Waals surface area contributed by atoms with Gasteiger partial charge < -0.3 is 14.8 Å². The Morgan fingerprint density at radius 2 is 1.78 bits per heavy atom. The third kappa shape index (κ3) is 3.27. The minimum atomic E-state index is -0.104. The molecule has 0 atom stereocenters. The Morgan fingerprint density at radius 3 is 2.48 bits per heavy atom. The summed E-state index contributed by atoms with van der Waals surface area (Å²) in [6.45, 7) is 0. The molecule has 0 saturated carbocycles. The first-order chi connectivity index (χ1) is 11.2. The van der Waals surface area contributed by atoms with Gasteiger partial charge in [0.2, 0.25) is 5.91 Å². The number of carbonyl (C=O) groups excluding carboxylic acids is 1. The molecule has 0 radical (unpaired) electrons. The SMILES string of the molecule is COc1ccc(OC)c2sc(NC(=O)Cc3ccccc3)nc12. The number of hydrogen-bond acceptors (Lipinski definition) is 5. The molecule has 5 nitrogen and oxygen atoms in total. The van der Waals surface area contributed by atoms with Gasteiger partial charge in [0.05, 0.1) is 20.6 Å². The summed E-state index contributed by atoms with van der Waals surface area (Å²) < 4.78 is 11.5. The van der Waals surface area contributed by atoms with Crippen LogP contribution in [0.3, 0.4) is 0 Å². The molecule has 0 fully saturated rings. The predicted octanol–water partition coefficient (Wildman–Crippen LogP) is 3.49. The van der Waals surface area contributed by atoms with E-state index in [2.05, 4.69) is 10.3 Å². The summed E-state index contributed by atoms with van der Waals surface area (Å²) in [7, 11) is 3.20. The van der Waals surface area contributed by atoms with E-state index in [1.807, 2.05) is 36.4 Å². The third-order valence-corrected chi connectivity index (χ3v) is 4.35. The summed E-state index contributed by atoms with van der Waals surface area (Å²) in [5.41, 5.74) is 1.65. The van der Waals surface area contributed by atoms with Crippen LogP contribution < -0.4 is 14.8 Å². The van der Waals surface area contributed by atoms with E-state index in [9.17, 15) is 4.79 Å². The molecule has 0 aliphatic rings. The highest BCUT2D eigenvalue weighted by Gasteiger charge is 2.15. The van der Waals surface area contributed by atoms with E-state index >= 15 is 0 Å². The molecule has 1 heterocycles. The molecular weight excluding hydrogens is 312 g/mol. The summed E-state index contributed by atoms with van der Waals surface area (Å²) in [4.78, 5) is 16.6. The number of ether oxygens (including phenoxy) is 2. The fourth-order valence-electron chi connectivity index (χ4n) is 2.28. The molecule has 1 amide bonds. The zero-order valence-corrected chi connectivity index (χ0v) is 13.6. The lowest BCUT2D eigenvalue weighted by molar-refractivity contribution is -0.115.